The van der Waals surface area contributed by atoms with Gasteiger partial charge in [-0.1, -0.05) is 22.0 Å². The second kappa shape index (κ2) is 7.79. The van der Waals surface area contributed by atoms with Crippen LogP contribution in [0.2, 0.25) is 0 Å². The molecule has 0 saturated carbocycles. The molecule has 7 heteroatoms. The molecule has 0 radical (unpaired) electrons. The molecule has 6 nitrogen and oxygen atoms in total. The van der Waals surface area contributed by atoms with Crippen LogP contribution in [0.5, 0.6) is 0 Å². The number of aliphatic imine (C=N–C) groups is 1. The van der Waals surface area contributed by atoms with Gasteiger partial charge < -0.3 is 10.2 Å². The molecule has 1 aliphatic rings. The zero-order valence-corrected chi connectivity index (χ0v) is 15.7. The Morgan fingerprint density at radius 1 is 1.42 bits per heavy atom. The molecular formula is C17H23BrN6. The average Bonchev–Trinajstić information content (AvgIpc) is 3.12. The first-order valence-corrected chi connectivity index (χ1v) is 9.02. The van der Waals surface area contributed by atoms with E-state index >= 15 is 0 Å². The number of H-pyrrole nitrogens is 1. The Balaban J connectivity index is 1.55. The van der Waals surface area contributed by atoms with Crippen molar-refractivity contribution in [2.45, 2.75) is 32.2 Å². The van der Waals surface area contributed by atoms with E-state index in [2.05, 4.69) is 71.4 Å². The van der Waals surface area contributed by atoms with E-state index in [1.54, 1.807) is 6.33 Å². The first-order chi connectivity index (χ1) is 11.7. The number of hydrogen-bond acceptors (Lipinski definition) is 3. The van der Waals surface area contributed by atoms with Crippen LogP contribution in [0, 0.1) is 6.92 Å². The van der Waals surface area contributed by atoms with Gasteiger partial charge in [-0.25, -0.2) is 4.98 Å². The number of likely N-dealkylation sites (tertiary alicyclic amines) is 1. The summed E-state index contributed by atoms with van der Waals surface area (Å²) >= 11 is 3.51. The predicted octanol–water partition coefficient (Wildman–Crippen LogP) is 2.83. The molecule has 24 heavy (non-hydrogen) atoms. The van der Waals surface area contributed by atoms with Crippen molar-refractivity contribution in [3.63, 3.8) is 0 Å². The average molecular weight is 391 g/mol. The van der Waals surface area contributed by atoms with E-state index in [4.69, 9.17) is 0 Å². The van der Waals surface area contributed by atoms with Gasteiger partial charge in [0.2, 0.25) is 0 Å². The van der Waals surface area contributed by atoms with Crippen molar-refractivity contribution in [1.82, 2.24) is 25.4 Å². The van der Waals surface area contributed by atoms with Crippen LogP contribution in [0.3, 0.4) is 0 Å². The van der Waals surface area contributed by atoms with Crippen molar-refractivity contribution >= 4 is 21.9 Å². The summed E-state index contributed by atoms with van der Waals surface area (Å²) in [7, 11) is 1.85. The quantitative estimate of drug-likeness (QED) is 0.624. The fraction of sp³-hybridized carbons (Fsp3) is 0.471. The Morgan fingerprint density at radius 2 is 2.21 bits per heavy atom. The minimum absolute atomic E-state index is 0.468. The van der Waals surface area contributed by atoms with Crippen LogP contribution in [-0.4, -0.2) is 46.2 Å². The van der Waals surface area contributed by atoms with E-state index in [1.807, 2.05) is 7.05 Å². The lowest BCUT2D eigenvalue weighted by Crippen LogP contribution is -2.45. The third kappa shape index (κ3) is 3.95. The van der Waals surface area contributed by atoms with Gasteiger partial charge in [-0.15, -0.1) is 0 Å². The van der Waals surface area contributed by atoms with Crippen molar-refractivity contribution < 1.29 is 0 Å². The molecule has 2 heterocycles. The molecule has 1 aliphatic heterocycles. The Bertz CT molecular complexity index is 689. The summed E-state index contributed by atoms with van der Waals surface area (Å²) in [5.41, 5.74) is 2.56. The molecule has 0 amide bonds. The van der Waals surface area contributed by atoms with Crippen LogP contribution in [-0.2, 0) is 6.54 Å². The van der Waals surface area contributed by atoms with Gasteiger partial charge in [-0.05, 0) is 43.0 Å². The first kappa shape index (κ1) is 17.0. The Labute approximate surface area is 150 Å². The standard InChI is InChI=1S/C17H23BrN6/c1-12-9-15(18)4-3-14(12)10-20-17(19-2)24-7-5-13(6-8-24)16-21-11-22-23-16/h3-4,9,11,13H,5-8,10H2,1-2H3,(H,19,20)(H,21,22,23). The minimum atomic E-state index is 0.468. The molecule has 1 fully saturated rings. The van der Waals surface area contributed by atoms with Gasteiger partial charge in [-0.2, -0.15) is 5.10 Å². The first-order valence-electron chi connectivity index (χ1n) is 8.23. The molecule has 1 aromatic heterocycles. The minimum Gasteiger partial charge on any atom is -0.352 e. The normalized spacial score (nSPS) is 16.5. The number of hydrogen-bond donors (Lipinski definition) is 2. The fourth-order valence-electron chi connectivity index (χ4n) is 3.14. The number of rotatable bonds is 3. The van der Waals surface area contributed by atoms with Crippen LogP contribution < -0.4 is 5.32 Å². The number of benzene rings is 1. The third-order valence-corrected chi connectivity index (χ3v) is 5.06. The molecule has 0 unspecified atom stereocenters. The van der Waals surface area contributed by atoms with E-state index in [1.165, 1.54) is 11.1 Å². The molecule has 0 atom stereocenters. The van der Waals surface area contributed by atoms with E-state index < -0.39 is 0 Å². The SMILES string of the molecule is CN=C(NCc1ccc(Br)cc1C)N1CCC(c2ncn[nH]2)CC1. The molecule has 0 bridgehead atoms. The van der Waals surface area contributed by atoms with Gasteiger partial charge in [0, 0.05) is 37.1 Å². The summed E-state index contributed by atoms with van der Waals surface area (Å²) in [5, 5.41) is 10.4. The van der Waals surface area contributed by atoms with Crippen molar-refractivity contribution in [3.8, 4) is 0 Å². The molecular weight excluding hydrogens is 368 g/mol. The molecule has 2 N–H and O–H groups in total. The maximum atomic E-state index is 4.45. The van der Waals surface area contributed by atoms with E-state index in [0.717, 1.165) is 48.7 Å². The van der Waals surface area contributed by atoms with Crippen LogP contribution in [0.25, 0.3) is 0 Å². The zero-order valence-electron chi connectivity index (χ0n) is 14.1. The number of aryl methyl sites for hydroxylation is 1. The Kier molecular flexibility index (Phi) is 5.50. The number of guanidine groups is 1. The van der Waals surface area contributed by atoms with Crippen LogP contribution in [0.4, 0.5) is 0 Å². The topological polar surface area (TPSA) is 69.2 Å². The highest BCUT2D eigenvalue weighted by Crippen LogP contribution is 2.25. The lowest BCUT2D eigenvalue weighted by Gasteiger charge is -2.33. The lowest BCUT2D eigenvalue weighted by atomic mass is 9.96. The number of piperidine rings is 1. The van der Waals surface area contributed by atoms with Gasteiger partial charge >= 0.3 is 0 Å². The second-order valence-electron chi connectivity index (χ2n) is 6.10. The van der Waals surface area contributed by atoms with Gasteiger partial charge in [-0.3, -0.25) is 10.1 Å². The largest absolute Gasteiger partial charge is 0.352 e. The van der Waals surface area contributed by atoms with E-state index in [9.17, 15) is 0 Å². The molecule has 0 spiro atoms. The van der Waals surface area contributed by atoms with Gasteiger partial charge in [0.05, 0.1) is 0 Å². The smallest absolute Gasteiger partial charge is 0.193 e. The second-order valence-corrected chi connectivity index (χ2v) is 7.02. The highest BCUT2D eigenvalue weighted by atomic mass is 79.9. The maximum Gasteiger partial charge on any atom is 0.193 e. The molecule has 0 aliphatic carbocycles. The zero-order chi connectivity index (χ0) is 16.9. The summed E-state index contributed by atoms with van der Waals surface area (Å²) in [4.78, 5) is 11.1. The number of halogens is 1. The third-order valence-electron chi connectivity index (χ3n) is 4.57. The van der Waals surface area contributed by atoms with Crippen molar-refractivity contribution in [1.29, 1.82) is 0 Å². The molecule has 1 saturated heterocycles. The fourth-order valence-corrected chi connectivity index (χ4v) is 3.62. The summed E-state index contributed by atoms with van der Waals surface area (Å²) in [6.07, 6.45) is 3.71. The number of nitrogens with zero attached hydrogens (tertiary/aromatic N) is 4. The monoisotopic (exact) mass is 390 g/mol. The van der Waals surface area contributed by atoms with Gasteiger partial charge in [0.1, 0.15) is 12.2 Å². The maximum absolute atomic E-state index is 4.45. The van der Waals surface area contributed by atoms with Crippen molar-refractivity contribution in [2.24, 2.45) is 4.99 Å². The molecule has 1 aromatic carbocycles. The van der Waals surface area contributed by atoms with Crippen molar-refractivity contribution in [3.05, 3.63) is 46.0 Å². The lowest BCUT2D eigenvalue weighted by molar-refractivity contribution is 0.298. The van der Waals surface area contributed by atoms with Crippen LogP contribution in [0.15, 0.2) is 34.0 Å². The van der Waals surface area contributed by atoms with Gasteiger partial charge in [0.25, 0.3) is 0 Å². The Hall–Kier alpha value is -1.89. The summed E-state index contributed by atoms with van der Waals surface area (Å²) < 4.78 is 1.11. The van der Waals surface area contributed by atoms with Gasteiger partial charge in [0.15, 0.2) is 5.96 Å². The van der Waals surface area contributed by atoms with Crippen molar-refractivity contribution in [2.75, 3.05) is 20.1 Å². The van der Waals surface area contributed by atoms with Crippen LogP contribution >= 0.6 is 15.9 Å². The molecule has 3 rings (SSSR count). The molecule has 128 valence electrons. The highest BCUT2D eigenvalue weighted by Gasteiger charge is 2.24. The van der Waals surface area contributed by atoms with Crippen LogP contribution in [0.1, 0.15) is 35.7 Å². The summed E-state index contributed by atoms with van der Waals surface area (Å²) in [5.74, 6) is 2.44. The Morgan fingerprint density at radius 3 is 2.83 bits per heavy atom. The summed E-state index contributed by atoms with van der Waals surface area (Å²) in [6.45, 7) is 4.87. The highest BCUT2D eigenvalue weighted by molar-refractivity contribution is 9.10. The summed E-state index contributed by atoms with van der Waals surface area (Å²) in [6, 6.07) is 6.37. The van der Waals surface area contributed by atoms with E-state index in [0.29, 0.717) is 5.92 Å². The van der Waals surface area contributed by atoms with E-state index in [-0.39, 0.29) is 0 Å². The molecule has 2 aromatic rings. The number of nitrogens with one attached hydrogen (secondary N) is 2. The predicted molar refractivity (Wildman–Crippen MR) is 99.0 cm³/mol. The number of aromatic nitrogens is 3. The number of aromatic amines is 1.